The van der Waals surface area contributed by atoms with Crippen molar-refractivity contribution in [3.63, 3.8) is 0 Å². The van der Waals surface area contributed by atoms with Gasteiger partial charge in [0, 0.05) is 5.92 Å². The summed E-state index contributed by atoms with van der Waals surface area (Å²) in [5, 5.41) is 12.9. The van der Waals surface area contributed by atoms with Gasteiger partial charge in [-0.25, -0.2) is 0 Å². The molecule has 4 nitrogen and oxygen atoms in total. The second kappa shape index (κ2) is 4.25. The first-order valence-electron chi connectivity index (χ1n) is 4.34. The minimum Gasteiger partial charge on any atom is -0.548 e. The molecule has 0 bridgehead atoms. The van der Waals surface area contributed by atoms with Gasteiger partial charge in [0.1, 0.15) is 0 Å². The highest BCUT2D eigenvalue weighted by atomic mass is 16.4. The second-order valence-electron chi connectivity index (χ2n) is 3.71. The van der Waals surface area contributed by atoms with E-state index in [1.807, 2.05) is 6.92 Å². The number of carboxylic acids is 1. The average molecular weight is 186 g/mol. The van der Waals surface area contributed by atoms with Crippen molar-refractivity contribution in [3.05, 3.63) is 0 Å². The molecule has 1 amide bonds. The first-order valence-corrected chi connectivity index (χ1v) is 4.34. The molecular weight excluding hydrogens is 170 g/mol. The van der Waals surface area contributed by atoms with Crippen molar-refractivity contribution in [1.82, 2.24) is 5.32 Å². The first-order chi connectivity index (χ1) is 5.81. The van der Waals surface area contributed by atoms with Gasteiger partial charge in [0.05, 0.1) is 11.5 Å². The van der Waals surface area contributed by atoms with Crippen LogP contribution in [-0.2, 0) is 9.59 Å². The third kappa shape index (κ3) is 3.44. The van der Waals surface area contributed by atoms with Crippen LogP contribution in [-0.4, -0.2) is 17.4 Å². The highest BCUT2D eigenvalue weighted by Gasteiger charge is 2.23. The summed E-state index contributed by atoms with van der Waals surface area (Å²) in [6.07, 6.45) is 0.689. The minimum atomic E-state index is -1.29. The normalized spacial score (nSPS) is 13.5. The third-order valence-electron chi connectivity index (χ3n) is 2.01. The predicted octanol–water partition coefficient (Wildman–Crippen LogP) is -0.323. The van der Waals surface area contributed by atoms with Crippen molar-refractivity contribution in [3.8, 4) is 0 Å². The van der Waals surface area contributed by atoms with Crippen molar-refractivity contribution in [2.45, 2.75) is 39.7 Å². The third-order valence-corrected chi connectivity index (χ3v) is 2.01. The predicted molar refractivity (Wildman–Crippen MR) is 46.7 cm³/mol. The van der Waals surface area contributed by atoms with Crippen LogP contribution in [0, 0.1) is 5.92 Å². The summed E-state index contributed by atoms with van der Waals surface area (Å²) in [7, 11) is 0. The summed E-state index contributed by atoms with van der Waals surface area (Å²) in [5.41, 5.74) is -1.29. The molecule has 1 unspecified atom stereocenters. The van der Waals surface area contributed by atoms with E-state index in [1.165, 1.54) is 13.8 Å². The topological polar surface area (TPSA) is 69.2 Å². The number of carboxylic acid groups (broad SMARTS) is 1. The van der Waals surface area contributed by atoms with E-state index in [1.54, 1.807) is 6.92 Å². The van der Waals surface area contributed by atoms with Gasteiger partial charge in [0.25, 0.3) is 0 Å². The van der Waals surface area contributed by atoms with Gasteiger partial charge in [-0.2, -0.15) is 0 Å². The van der Waals surface area contributed by atoms with Crippen molar-refractivity contribution >= 4 is 11.9 Å². The lowest BCUT2D eigenvalue weighted by atomic mass is 10.0. The SMILES string of the molecule is CCC(C)C(=O)NC(C)(C)C(=O)[O-]. The molecule has 4 heteroatoms. The van der Waals surface area contributed by atoms with E-state index in [2.05, 4.69) is 5.32 Å². The molecule has 0 spiro atoms. The fraction of sp³-hybridized carbons (Fsp3) is 0.778. The molecule has 0 fully saturated rings. The van der Waals surface area contributed by atoms with Crippen molar-refractivity contribution in [2.75, 3.05) is 0 Å². The van der Waals surface area contributed by atoms with E-state index >= 15 is 0 Å². The Morgan fingerprint density at radius 1 is 1.46 bits per heavy atom. The smallest absolute Gasteiger partial charge is 0.223 e. The number of aliphatic carboxylic acids is 1. The maximum Gasteiger partial charge on any atom is 0.223 e. The highest BCUT2D eigenvalue weighted by molar-refractivity contribution is 5.86. The Balaban J connectivity index is 4.28. The van der Waals surface area contributed by atoms with Gasteiger partial charge in [-0.05, 0) is 20.3 Å². The molecule has 0 saturated heterocycles. The Bertz CT molecular complexity index is 211. The standard InChI is InChI=1S/C9H17NO3/c1-5-6(2)7(11)10-9(3,4)8(12)13/h6H,5H2,1-4H3,(H,10,11)(H,12,13)/p-1. The summed E-state index contributed by atoms with van der Waals surface area (Å²) in [5.74, 6) is -1.69. The molecule has 76 valence electrons. The summed E-state index contributed by atoms with van der Waals surface area (Å²) < 4.78 is 0. The molecule has 0 aliphatic rings. The molecule has 0 heterocycles. The monoisotopic (exact) mass is 186 g/mol. The second-order valence-corrected chi connectivity index (χ2v) is 3.71. The molecule has 0 aliphatic carbocycles. The lowest BCUT2D eigenvalue weighted by Gasteiger charge is -2.28. The van der Waals surface area contributed by atoms with Gasteiger partial charge in [0.2, 0.25) is 5.91 Å². The molecular formula is C9H16NO3-. The lowest BCUT2D eigenvalue weighted by molar-refractivity contribution is -0.313. The van der Waals surface area contributed by atoms with Gasteiger partial charge in [0.15, 0.2) is 0 Å². The molecule has 0 saturated carbocycles. The summed E-state index contributed by atoms with van der Waals surface area (Å²) in [4.78, 5) is 21.8. The van der Waals surface area contributed by atoms with Crippen molar-refractivity contribution in [1.29, 1.82) is 0 Å². The summed E-state index contributed by atoms with van der Waals surface area (Å²) in [6.45, 7) is 6.43. The van der Waals surface area contributed by atoms with E-state index in [4.69, 9.17) is 0 Å². The Kier molecular flexibility index (Phi) is 3.91. The molecule has 0 aromatic heterocycles. The molecule has 0 aromatic carbocycles. The maximum atomic E-state index is 11.3. The van der Waals surface area contributed by atoms with Crippen molar-refractivity contribution in [2.24, 2.45) is 5.92 Å². The number of carbonyl (C=O) groups excluding carboxylic acids is 2. The Hall–Kier alpha value is -1.06. The van der Waals surface area contributed by atoms with Crippen LogP contribution in [0.2, 0.25) is 0 Å². The number of nitrogens with one attached hydrogen (secondary N) is 1. The number of hydrogen-bond donors (Lipinski definition) is 1. The quantitative estimate of drug-likeness (QED) is 0.654. The van der Waals surface area contributed by atoms with E-state index in [0.717, 1.165) is 0 Å². The van der Waals surface area contributed by atoms with Crippen LogP contribution in [0.1, 0.15) is 34.1 Å². The van der Waals surface area contributed by atoms with E-state index < -0.39 is 11.5 Å². The largest absolute Gasteiger partial charge is 0.548 e. The zero-order valence-corrected chi connectivity index (χ0v) is 8.51. The van der Waals surface area contributed by atoms with Crippen LogP contribution in [0.5, 0.6) is 0 Å². The number of hydrogen-bond acceptors (Lipinski definition) is 3. The molecule has 13 heavy (non-hydrogen) atoms. The van der Waals surface area contributed by atoms with E-state index in [-0.39, 0.29) is 11.8 Å². The number of amides is 1. The van der Waals surface area contributed by atoms with Crippen LogP contribution < -0.4 is 10.4 Å². The van der Waals surface area contributed by atoms with Gasteiger partial charge >= 0.3 is 0 Å². The average Bonchev–Trinajstić information content (AvgIpc) is 2.01. The summed E-state index contributed by atoms with van der Waals surface area (Å²) in [6, 6.07) is 0. The van der Waals surface area contributed by atoms with Gasteiger partial charge in [-0.15, -0.1) is 0 Å². The van der Waals surface area contributed by atoms with Crippen LogP contribution >= 0.6 is 0 Å². The van der Waals surface area contributed by atoms with Crippen molar-refractivity contribution < 1.29 is 14.7 Å². The van der Waals surface area contributed by atoms with Gasteiger partial charge < -0.3 is 15.2 Å². The van der Waals surface area contributed by atoms with Gasteiger partial charge in [-0.3, -0.25) is 4.79 Å². The van der Waals surface area contributed by atoms with Crippen LogP contribution in [0.3, 0.4) is 0 Å². The number of rotatable bonds is 4. The van der Waals surface area contributed by atoms with E-state index in [0.29, 0.717) is 6.42 Å². The van der Waals surface area contributed by atoms with Crippen LogP contribution in [0.25, 0.3) is 0 Å². The fourth-order valence-corrected chi connectivity index (χ4v) is 0.668. The summed E-state index contributed by atoms with van der Waals surface area (Å²) >= 11 is 0. The Labute approximate surface area is 78.3 Å². The lowest BCUT2D eigenvalue weighted by Crippen LogP contribution is -2.56. The maximum absolute atomic E-state index is 11.3. The van der Waals surface area contributed by atoms with Gasteiger partial charge in [-0.1, -0.05) is 13.8 Å². The highest BCUT2D eigenvalue weighted by Crippen LogP contribution is 2.05. The Morgan fingerprint density at radius 2 is 1.92 bits per heavy atom. The minimum absolute atomic E-state index is 0.168. The van der Waals surface area contributed by atoms with Crippen LogP contribution in [0.4, 0.5) is 0 Å². The zero-order valence-electron chi connectivity index (χ0n) is 8.51. The molecule has 1 N–H and O–H groups in total. The van der Waals surface area contributed by atoms with Crippen LogP contribution in [0.15, 0.2) is 0 Å². The fourth-order valence-electron chi connectivity index (χ4n) is 0.668. The molecule has 0 aliphatic heterocycles. The zero-order chi connectivity index (χ0) is 10.6. The molecule has 0 radical (unpaired) electrons. The Morgan fingerprint density at radius 3 is 2.23 bits per heavy atom. The number of carbonyl (C=O) groups is 2. The molecule has 1 atom stereocenters. The molecule has 0 aromatic rings. The molecule has 0 rings (SSSR count). The van der Waals surface area contributed by atoms with E-state index in [9.17, 15) is 14.7 Å². The first kappa shape index (κ1) is 11.9.